The monoisotopic (exact) mass is 472 g/mol. The Morgan fingerprint density at radius 2 is 1.67 bits per heavy atom. The van der Waals surface area contributed by atoms with Gasteiger partial charge in [0.15, 0.2) is 0 Å². The maximum absolute atomic E-state index is 13.4. The zero-order valence-corrected chi connectivity index (χ0v) is 21.0. The fourth-order valence-electron chi connectivity index (χ4n) is 3.42. The van der Waals surface area contributed by atoms with Crippen molar-refractivity contribution in [2.24, 2.45) is 5.92 Å². The van der Waals surface area contributed by atoms with E-state index < -0.39 is 0 Å². The number of ether oxygens (including phenoxy) is 1. The number of esters is 1. The number of rotatable bonds is 13. The van der Waals surface area contributed by atoms with Crippen LogP contribution in [0.3, 0.4) is 0 Å². The number of aryl methyl sites for hydroxylation is 1. The van der Waals surface area contributed by atoms with Crippen LogP contribution in [0.4, 0.5) is 0 Å². The molecule has 0 aliphatic carbocycles. The normalized spacial score (nSPS) is 11.6. The van der Waals surface area contributed by atoms with Crippen molar-refractivity contribution in [1.82, 2.24) is 9.80 Å². The van der Waals surface area contributed by atoms with Crippen LogP contribution < -0.4 is 0 Å². The molecule has 180 valence electrons. The average molecular weight is 473 g/mol. The molecular formula is C26H36N2O4S. The minimum atomic E-state index is -0.389. The van der Waals surface area contributed by atoms with E-state index in [9.17, 15) is 14.4 Å². The molecule has 0 N–H and O–H groups in total. The number of hydrogen-bond acceptors (Lipinski definition) is 5. The lowest BCUT2D eigenvalue weighted by Crippen LogP contribution is -2.44. The van der Waals surface area contributed by atoms with Crippen LogP contribution in [0, 0.1) is 12.8 Å². The van der Waals surface area contributed by atoms with Gasteiger partial charge in [0.05, 0.1) is 26.1 Å². The Balaban J connectivity index is 2.15. The molecule has 1 atom stereocenters. The molecule has 0 spiro atoms. The first-order valence-electron chi connectivity index (χ1n) is 11.6. The molecule has 1 aromatic carbocycles. The third-order valence-corrected chi connectivity index (χ3v) is 6.45. The third kappa shape index (κ3) is 9.38. The second kappa shape index (κ2) is 13.8. The predicted molar refractivity (Wildman–Crippen MR) is 132 cm³/mol. The highest BCUT2D eigenvalue weighted by Crippen LogP contribution is 2.19. The summed E-state index contributed by atoms with van der Waals surface area (Å²) >= 11 is 1.67. The third-order valence-electron chi connectivity index (χ3n) is 5.47. The molecule has 0 fully saturated rings. The van der Waals surface area contributed by atoms with Gasteiger partial charge in [-0.1, -0.05) is 50.6 Å². The summed E-state index contributed by atoms with van der Waals surface area (Å²) in [5, 5.41) is 0. The molecule has 1 aromatic heterocycles. The van der Waals surface area contributed by atoms with E-state index >= 15 is 0 Å². The molecule has 2 aromatic rings. The maximum atomic E-state index is 13.4. The van der Waals surface area contributed by atoms with Crippen LogP contribution in [0.2, 0.25) is 0 Å². The number of carbonyl (C=O) groups is 3. The molecule has 0 radical (unpaired) electrons. The first kappa shape index (κ1) is 26.6. The lowest BCUT2D eigenvalue weighted by atomic mass is 10.1. The lowest BCUT2D eigenvalue weighted by Gasteiger charge is -2.29. The van der Waals surface area contributed by atoms with Crippen molar-refractivity contribution >= 4 is 29.1 Å². The second-order valence-corrected chi connectivity index (χ2v) is 9.71. The van der Waals surface area contributed by atoms with Crippen LogP contribution >= 0.6 is 11.3 Å². The van der Waals surface area contributed by atoms with Gasteiger partial charge in [0, 0.05) is 29.3 Å². The van der Waals surface area contributed by atoms with E-state index in [2.05, 4.69) is 19.9 Å². The summed E-state index contributed by atoms with van der Waals surface area (Å²) in [6.07, 6.45) is 0.976. The zero-order chi connectivity index (χ0) is 24.2. The first-order valence-corrected chi connectivity index (χ1v) is 12.4. The Kier molecular flexibility index (Phi) is 11.1. The van der Waals surface area contributed by atoms with Gasteiger partial charge in [0.2, 0.25) is 11.8 Å². The van der Waals surface area contributed by atoms with Gasteiger partial charge < -0.3 is 14.5 Å². The number of carbonyl (C=O) groups excluding carboxylic acids is 3. The van der Waals surface area contributed by atoms with Crippen molar-refractivity contribution < 1.29 is 19.1 Å². The van der Waals surface area contributed by atoms with Crippen molar-refractivity contribution in [3.63, 3.8) is 0 Å². The van der Waals surface area contributed by atoms with E-state index in [1.165, 1.54) is 4.88 Å². The van der Waals surface area contributed by atoms with E-state index in [0.717, 1.165) is 16.9 Å². The standard InChI is InChI=1S/C26H36N2O4S/c1-5-20(3)16-27(24(29)14-15-26(31)32-6-2)19-25(30)28(17-22-10-8-7-9-11-22)18-23-13-12-21(4)33-23/h7-13,20H,5-6,14-19H2,1-4H3. The van der Waals surface area contributed by atoms with Crippen molar-refractivity contribution in [3.8, 4) is 0 Å². The van der Waals surface area contributed by atoms with Crippen molar-refractivity contribution in [2.75, 3.05) is 19.7 Å². The largest absolute Gasteiger partial charge is 0.466 e. The molecule has 1 unspecified atom stereocenters. The molecule has 0 saturated carbocycles. The smallest absolute Gasteiger partial charge is 0.306 e. The van der Waals surface area contributed by atoms with Crippen LogP contribution in [0.5, 0.6) is 0 Å². The molecule has 7 heteroatoms. The SMILES string of the molecule is CCOC(=O)CCC(=O)N(CC(=O)N(Cc1ccccc1)Cc1ccc(C)s1)CC(C)CC. The summed E-state index contributed by atoms with van der Waals surface area (Å²) in [6, 6.07) is 14.0. The first-order chi connectivity index (χ1) is 15.8. The Labute approximate surface area is 201 Å². The van der Waals surface area contributed by atoms with E-state index in [1.807, 2.05) is 48.2 Å². The molecule has 33 heavy (non-hydrogen) atoms. The lowest BCUT2D eigenvalue weighted by molar-refractivity contribution is -0.146. The molecule has 0 bridgehead atoms. The van der Waals surface area contributed by atoms with Crippen LogP contribution in [0.15, 0.2) is 42.5 Å². The second-order valence-electron chi connectivity index (χ2n) is 8.34. The van der Waals surface area contributed by atoms with Gasteiger partial charge >= 0.3 is 5.97 Å². The summed E-state index contributed by atoms with van der Waals surface area (Å²) in [5.74, 6) is -0.424. The molecule has 0 aliphatic rings. The van der Waals surface area contributed by atoms with Gasteiger partial charge in [-0.15, -0.1) is 11.3 Å². The van der Waals surface area contributed by atoms with Crippen molar-refractivity contribution in [1.29, 1.82) is 0 Å². The fraction of sp³-hybridized carbons (Fsp3) is 0.500. The van der Waals surface area contributed by atoms with Gasteiger partial charge in [0.1, 0.15) is 0 Å². The molecule has 1 heterocycles. The summed E-state index contributed by atoms with van der Waals surface area (Å²) < 4.78 is 4.94. The van der Waals surface area contributed by atoms with Gasteiger partial charge in [-0.3, -0.25) is 14.4 Å². The molecule has 0 aliphatic heterocycles. The maximum Gasteiger partial charge on any atom is 0.306 e. The fourth-order valence-corrected chi connectivity index (χ4v) is 4.32. The van der Waals surface area contributed by atoms with Gasteiger partial charge in [-0.2, -0.15) is 0 Å². The van der Waals surface area contributed by atoms with Crippen LogP contribution in [0.25, 0.3) is 0 Å². The summed E-state index contributed by atoms with van der Waals surface area (Å²) in [6.45, 7) is 9.67. The Morgan fingerprint density at radius 1 is 0.939 bits per heavy atom. The number of benzene rings is 1. The van der Waals surface area contributed by atoms with Gasteiger partial charge in [0.25, 0.3) is 0 Å². The van der Waals surface area contributed by atoms with Crippen LogP contribution in [0.1, 0.15) is 55.4 Å². The topological polar surface area (TPSA) is 66.9 Å². The van der Waals surface area contributed by atoms with Gasteiger partial charge in [-0.05, 0) is 37.5 Å². The number of thiophene rings is 1. The van der Waals surface area contributed by atoms with Gasteiger partial charge in [-0.25, -0.2) is 0 Å². The molecule has 0 saturated heterocycles. The molecular weight excluding hydrogens is 436 g/mol. The minimum Gasteiger partial charge on any atom is -0.466 e. The van der Waals surface area contributed by atoms with Crippen LogP contribution in [-0.2, 0) is 32.2 Å². The Morgan fingerprint density at radius 3 is 2.27 bits per heavy atom. The van der Waals surface area contributed by atoms with E-state index in [4.69, 9.17) is 4.74 Å². The summed E-state index contributed by atoms with van der Waals surface area (Å²) in [4.78, 5) is 43.8. The number of hydrogen-bond donors (Lipinski definition) is 0. The number of amides is 2. The average Bonchev–Trinajstić information content (AvgIpc) is 3.21. The minimum absolute atomic E-state index is 0.00316. The quantitative estimate of drug-likeness (QED) is 0.393. The molecule has 2 rings (SSSR count). The van der Waals surface area contributed by atoms with Crippen molar-refractivity contribution in [3.05, 3.63) is 57.8 Å². The highest BCUT2D eigenvalue weighted by atomic mass is 32.1. The number of nitrogens with zero attached hydrogens (tertiary/aromatic N) is 2. The highest BCUT2D eigenvalue weighted by Gasteiger charge is 2.24. The van der Waals surface area contributed by atoms with E-state index in [1.54, 1.807) is 23.2 Å². The van der Waals surface area contributed by atoms with Crippen molar-refractivity contribution in [2.45, 2.75) is 60.0 Å². The Bertz CT molecular complexity index is 897. The van der Waals surface area contributed by atoms with Crippen LogP contribution in [-0.4, -0.2) is 47.3 Å². The molecule has 2 amide bonds. The highest BCUT2D eigenvalue weighted by molar-refractivity contribution is 7.11. The zero-order valence-electron chi connectivity index (χ0n) is 20.2. The predicted octanol–water partition coefficient (Wildman–Crippen LogP) is 4.80. The summed E-state index contributed by atoms with van der Waals surface area (Å²) in [7, 11) is 0. The molecule has 6 nitrogen and oxygen atoms in total. The Hall–Kier alpha value is -2.67. The summed E-state index contributed by atoms with van der Waals surface area (Å²) in [5.41, 5.74) is 1.04. The van der Waals surface area contributed by atoms with E-state index in [-0.39, 0.29) is 43.1 Å². The van der Waals surface area contributed by atoms with E-state index in [0.29, 0.717) is 26.2 Å².